The largest absolute Gasteiger partial charge is 0.507 e. The molecular weight excluding hydrogens is 378 g/mol. The molecule has 7 nitrogen and oxygen atoms in total. The highest BCUT2D eigenvalue weighted by atomic mass is 32.1. The number of aryl methyl sites for hydroxylation is 1. The van der Waals surface area contributed by atoms with E-state index in [-0.39, 0.29) is 29.6 Å². The fraction of sp³-hybridized carbons (Fsp3) is 0.150. The number of rotatable bonds is 4. The van der Waals surface area contributed by atoms with Crippen molar-refractivity contribution in [3.05, 3.63) is 69.7 Å². The Bertz CT molecular complexity index is 1100. The number of carbonyl (C=O) groups is 2. The summed E-state index contributed by atoms with van der Waals surface area (Å²) in [7, 11) is 1.80. The van der Waals surface area contributed by atoms with E-state index in [1.807, 2.05) is 23.0 Å². The van der Waals surface area contributed by atoms with Crippen molar-refractivity contribution in [2.75, 3.05) is 0 Å². The van der Waals surface area contributed by atoms with Gasteiger partial charge < -0.3 is 15.5 Å². The first-order chi connectivity index (χ1) is 13.4. The molecule has 0 saturated heterocycles. The minimum atomic E-state index is -1.20. The van der Waals surface area contributed by atoms with E-state index in [9.17, 15) is 14.7 Å². The van der Waals surface area contributed by atoms with Gasteiger partial charge in [0.05, 0.1) is 11.9 Å². The van der Waals surface area contributed by atoms with Crippen LogP contribution >= 0.6 is 11.3 Å². The second-order valence-electron chi connectivity index (χ2n) is 6.59. The van der Waals surface area contributed by atoms with E-state index in [1.165, 1.54) is 12.1 Å². The minimum Gasteiger partial charge on any atom is -0.507 e. The first kappa shape index (κ1) is 18.0. The molecule has 3 heterocycles. The van der Waals surface area contributed by atoms with Crippen molar-refractivity contribution in [3.63, 3.8) is 0 Å². The summed E-state index contributed by atoms with van der Waals surface area (Å²) in [5, 5.41) is 30.4. The first-order valence-corrected chi connectivity index (χ1v) is 9.50. The Morgan fingerprint density at radius 2 is 2.14 bits per heavy atom. The SMILES string of the molecule is Cn1cc(C2=C(c3ccsc3)C(c3ccc(C(=O)O)c(O)c3)CC(=O)N2)cn1. The quantitative estimate of drug-likeness (QED) is 0.630. The van der Waals surface area contributed by atoms with Gasteiger partial charge in [-0.1, -0.05) is 6.07 Å². The maximum Gasteiger partial charge on any atom is 0.339 e. The normalized spacial score (nSPS) is 16.9. The molecule has 1 atom stereocenters. The van der Waals surface area contributed by atoms with Crippen LogP contribution in [-0.2, 0) is 11.8 Å². The van der Waals surface area contributed by atoms with Crippen LogP contribution in [0.15, 0.2) is 47.4 Å². The molecular formula is C20H17N3O4S. The fourth-order valence-corrected chi connectivity index (χ4v) is 4.15. The maximum atomic E-state index is 12.5. The third kappa shape index (κ3) is 3.18. The van der Waals surface area contributed by atoms with E-state index in [0.29, 0.717) is 11.3 Å². The van der Waals surface area contributed by atoms with Gasteiger partial charge in [-0.25, -0.2) is 4.79 Å². The number of aromatic carboxylic acids is 1. The molecule has 4 rings (SSSR count). The van der Waals surface area contributed by atoms with Crippen LogP contribution in [0.1, 0.15) is 39.4 Å². The van der Waals surface area contributed by atoms with Crippen molar-refractivity contribution in [2.24, 2.45) is 7.05 Å². The monoisotopic (exact) mass is 395 g/mol. The number of carbonyl (C=O) groups excluding carboxylic acids is 1. The van der Waals surface area contributed by atoms with Crippen molar-refractivity contribution in [3.8, 4) is 5.75 Å². The van der Waals surface area contributed by atoms with Gasteiger partial charge in [0.15, 0.2) is 0 Å². The molecule has 0 saturated carbocycles. The van der Waals surface area contributed by atoms with Crippen LogP contribution in [0.4, 0.5) is 0 Å². The zero-order chi connectivity index (χ0) is 19.8. The number of thiophene rings is 1. The average molecular weight is 395 g/mol. The summed E-state index contributed by atoms with van der Waals surface area (Å²) >= 11 is 1.55. The zero-order valence-electron chi connectivity index (χ0n) is 14.9. The van der Waals surface area contributed by atoms with Crippen molar-refractivity contribution in [1.82, 2.24) is 15.1 Å². The number of carboxylic acid groups (broad SMARTS) is 1. The van der Waals surface area contributed by atoms with Crippen LogP contribution in [0.5, 0.6) is 5.75 Å². The second-order valence-corrected chi connectivity index (χ2v) is 7.37. The molecule has 0 spiro atoms. The lowest BCUT2D eigenvalue weighted by Crippen LogP contribution is -2.30. The first-order valence-electron chi connectivity index (χ1n) is 8.56. The Balaban J connectivity index is 1.91. The van der Waals surface area contributed by atoms with Crippen molar-refractivity contribution in [1.29, 1.82) is 0 Å². The highest BCUT2D eigenvalue weighted by Crippen LogP contribution is 2.43. The van der Waals surface area contributed by atoms with Gasteiger partial charge in [-0.05, 0) is 45.7 Å². The van der Waals surface area contributed by atoms with Gasteiger partial charge in [-0.3, -0.25) is 9.48 Å². The number of allylic oxidation sites excluding steroid dienone is 1. The topological polar surface area (TPSA) is 104 Å². The van der Waals surface area contributed by atoms with Crippen molar-refractivity contribution in [2.45, 2.75) is 12.3 Å². The average Bonchev–Trinajstić information content (AvgIpc) is 3.32. The molecule has 0 fully saturated rings. The molecule has 1 amide bonds. The molecule has 3 aromatic rings. The van der Waals surface area contributed by atoms with Gasteiger partial charge in [-0.15, -0.1) is 0 Å². The van der Waals surface area contributed by atoms with Crippen LogP contribution in [-0.4, -0.2) is 31.9 Å². The molecule has 0 aliphatic carbocycles. The summed E-state index contributed by atoms with van der Waals surface area (Å²) in [6, 6.07) is 6.43. The Kier molecular flexibility index (Phi) is 4.48. The third-order valence-corrected chi connectivity index (χ3v) is 5.44. The Labute approximate surface area is 164 Å². The second kappa shape index (κ2) is 6.97. The number of carboxylic acids is 1. The highest BCUT2D eigenvalue weighted by Gasteiger charge is 2.32. The smallest absolute Gasteiger partial charge is 0.339 e. The number of benzene rings is 1. The molecule has 1 aliphatic rings. The molecule has 142 valence electrons. The summed E-state index contributed by atoms with van der Waals surface area (Å²) in [6.45, 7) is 0. The van der Waals surface area contributed by atoms with Gasteiger partial charge in [0.25, 0.3) is 0 Å². The Morgan fingerprint density at radius 1 is 1.32 bits per heavy atom. The van der Waals surface area contributed by atoms with E-state index in [0.717, 1.165) is 16.7 Å². The van der Waals surface area contributed by atoms with E-state index in [1.54, 1.807) is 35.3 Å². The number of aromatic nitrogens is 2. The van der Waals surface area contributed by atoms with E-state index in [4.69, 9.17) is 5.11 Å². The summed E-state index contributed by atoms with van der Waals surface area (Å²) in [6.07, 6.45) is 3.71. The number of hydrogen-bond donors (Lipinski definition) is 3. The Morgan fingerprint density at radius 3 is 2.75 bits per heavy atom. The summed E-state index contributed by atoms with van der Waals surface area (Å²) in [4.78, 5) is 23.7. The number of aromatic hydroxyl groups is 1. The van der Waals surface area contributed by atoms with Crippen molar-refractivity contribution >= 4 is 34.5 Å². The van der Waals surface area contributed by atoms with Gasteiger partial charge in [0.1, 0.15) is 11.3 Å². The van der Waals surface area contributed by atoms with Gasteiger partial charge in [0.2, 0.25) is 5.91 Å². The molecule has 0 bridgehead atoms. The lowest BCUT2D eigenvalue weighted by molar-refractivity contribution is -0.120. The Hall–Kier alpha value is -3.39. The van der Waals surface area contributed by atoms with E-state index >= 15 is 0 Å². The van der Waals surface area contributed by atoms with Crippen molar-refractivity contribution < 1.29 is 19.8 Å². The van der Waals surface area contributed by atoms with Crippen LogP contribution in [0.25, 0.3) is 11.3 Å². The number of hydrogen-bond acceptors (Lipinski definition) is 5. The lowest BCUT2D eigenvalue weighted by atomic mass is 9.80. The van der Waals surface area contributed by atoms with E-state index in [2.05, 4.69) is 10.4 Å². The van der Waals surface area contributed by atoms with Crippen LogP contribution < -0.4 is 5.32 Å². The summed E-state index contributed by atoms with van der Waals surface area (Å²) < 4.78 is 1.66. The molecule has 8 heteroatoms. The van der Waals surface area contributed by atoms with Gasteiger partial charge in [0, 0.05) is 31.1 Å². The highest BCUT2D eigenvalue weighted by molar-refractivity contribution is 7.08. The van der Waals surface area contributed by atoms with Crippen LogP contribution in [0, 0.1) is 0 Å². The predicted octanol–water partition coefficient (Wildman–Crippen LogP) is 3.06. The summed E-state index contributed by atoms with van der Waals surface area (Å²) in [5.74, 6) is -1.99. The maximum absolute atomic E-state index is 12.5. The number of nitrogens with one attached hydrogen (secondary N) is 1. The molecule has 3 N–H and O–H groups in total. The van der Waals surface area contributed by atoms with Crippen LogP contribution in [0.3, 0.4) is 0 Å². The number of phenols is 1. The van der Waals surface area contributed by atoms with Gasteiger partial charge >= 0.3 is 5.97 Å². The summed E-state index contributed by atoms with van der Waals surface area (Å²) in [5.41, 5.74) is 3.85. The lowest BCUT2D eigenvalue weighted by Gasteiger charge is -2.29. The predicted molar refractivity (Wildman–Crippen MR) is 105 cm³/mol. The van der Waals surface area contributed by atoms with Crippen LogP contribution in [0.2, 0.25) is 0 Å². The molecule has 1 aromatic carbocycles. The molecule has 0 radical (unpaired) electrons. The number of amides is 1. The molecule has 28 heavy (non-hydrogen) atoms. The standard InChI is InChI=1S/C20H17N3O4S/c1-23-9-13(8-21-23)19-18(12-4-5-28-10-12)15(7-17(25)22-19)11-2-3-14(20(26)27)16(24)6-11/h2-6,8-10,15,24H,7H2,1H3,(H,22,25)(H,26,27). The van der Waals surface area contributed by atoms with E-state index < -0.39 is 5.97 Å². The fourth-order valence-electron chi connectivity index (χ4n) is 3.49. The van der Waals surface area contributed by atoms with Gasteiger partial charge in [-0.2, -0.15) is 16.4 Å². The minimum absolute atomic E-state index is 0.148. The number of nitrogens with zero attached hydrogens (tertiary/aromatic N) is 2. The third-order valence-electron chi connectivity index (χ3n) is 4.75. The zero-order valence-corrected chi connectivity index (χ0v) is 15.7. The molecule has 1 aliphatic heterocycles. The molecule has 2 aromatic heterocycles. The molecule has 1 unspecified atom stereocenters.